The third-order valence-electron chi connectivity index (χ3n) is 33.0. The van der Waals surface area contributed by atoms with Crippen LogP contribution in [0.25, 0.3) is 0 Å². The van der Waals surface area contributed by atoms with Crippen LogP contribution >= 0.6 is 11.3 Å². The third-order valence-corrected chi connectivity index (χ3v) is 39.0. The molecule has 7 heterocycles. The van der Waals surface area contributed by atoms with Crippen LogP contribution in [0, 0.1) is 90.7 Å². The number of likely N-dealkylation sites (tertiary alicyclic amines) is 3. The Balaban J connectivity index is 0.000000211. The number of Topliss-reactive ketones (excluding diaryl/α,β-unsaturated/α-hetero) is 3. The number of nitrogens with zero attached hydrogens (tertiary/aromatic N) is 6. The van der Waals surface area contributed by atoms with Crippen molar-refractivity contribution >= 4 is 130 Å². The second-order valence-electron chi connectivity index (χ2n) is 50.3. The second kappa shape index (κ2) is 46.0. The molecule has 1 aromatic rings. The molecule has 41 nitrogen and oxygen atoms in total. The van der Waals surface area contributed by atoms with Crippen LogP contribution < -0.4 is 73.7 Å². The molecule has 830 valence electrons. The zero-order valence-electron chi connectivity index (χ0n) is 90.9. The number of sulfonamides is 1. The summed E-state index contributed by atoms with van der Waals surface area (Å²) in [6.45, 7) is 52.3. The maximum atomic E-state index is 14.5. The first-order valence-corrected chi connectivity index (χ1v) is 58.0. The molecule has 15 amide bonds. The second-order valence-corrected chi connectivity index (χ2v) is 56.7. The molecule has 5 saturated heterocycles. The summed E-state index contributed by atoms with van der Waals surface area (Å²) in [5.74, 6) is -7.59. The van der Waals surface area contributed by atoms with Crippen LogP contribution in [0.5, 0.6) is 0 Å². The molecular formula is C103H168N20O21S4. The quantitative estimate of drug-likeness (QED) is 0.0272. The van der Waals surface area contributed by atoms with Crippen molar-refractivity contribution in [1.29, 1.82) is 0 Å². The molecule has 11 fully saturated rings. The van der Waals surface area contributed by atoms with Crippen molar-refractivity contribution in [2.45, 2.75) is 345 Å². The van der Waals surface area contributed by atoms with Gasteiger partial charge < -0.3 is 78.9 Å². The molecule has 0 aromatic carbocycles. The van der Waals surface area contributed by atoms with Gasteiger partial charge in [-0.1, -0.05) is 229 Å². The summed E-state index contributed by atoms with van der Waals surface area (Å²) in [6.07, 6.45) is 15.1. The third kappa shape index (κ3) is 27.7. The number of hydrogen-bond acceptors (Lipinski definition) is 22. The molecule has 5 unspecified atom stereocenters. The number of thiophene rings is 1. The van der Waals surface area contributed by atoms with E-state index < -0.39 is 218 Å². The Morgan fingerprint density at radius 3 is 1.18 bits per heavy atom. The molecule has 17 atom stereocenters. The molecule has 15 N–H and O–H groups in total. The van der Waals surface area contributed by atoms with Crippen molar-refractivity contribution in [3.63, 3.8) is 0 Å². The number of ketones is 3. The van der Waals surface area contributed by atoms with Crippen LogP contribution in [0.1, 0.15) is 266 Å². The first kappa shape index (κ1) is 119. The standard InChI is InChI=1S/C35H52N6O7S2.C34H57N7O7S.C34H59N7O7S/c1-33(2,3)28(38-32(46)39-35(13-7-6-8-14-35)19-40-18-23-24(12-15-49-23)50(40,47)48)31(45)41-17-21-25(34(21,4)5)26(41)30(44)37-22(27(42)29(36)43)16-20-10-9-11-20;1-10-14-35-29(44)26(42)22(17-20-12-13-20)37-28(43)25-24-21(34(24,8)9)18-41(25)30(45)27(33(5,6)7)39-31(46)38-23(32(2,3)4)19-40-16-11-15-36-49(40,47)48;1-11-13-15-22(26(42)29(44)35-16-12-2)37-28(43)25-24-21(34(24,9)10)19-41(25)30(45)27(33(6,7)8)39-31(46)38-23(32(3,4)5)20-40-18-14-17-36-49(40,47)48/h12,15,20-22,25-26,28H,6-11,13-14,16-19H2,1-5H3,(H2,36,43)(H,37,44)(H2,38,39,46);10,20-25,27,36H,1,11-19H2,2-9H3,(H,35,44)(H,37,43)(H2,38,39,46);12,21-25,27,36H,2,11,13-20H2,1,3-10H3,(H,35,44)(H,37,43)(H2,38,39,46)/t21-,22?,25-,26-,28+;2*21-,22?,23?,24-,25-,27+/m000/s1. The summed E-state index contributed by atoms with van der Waals surface area (Å²) < 4.78 is 86.4. The summed E-state index contributed by atoms with van der Waals surface area (Å²) in [7, 11) is -11.0. The van der Waals surface area contributed by atoms with Gasteiger partial charge >= 0.3 is 18.1 Å². The largest absolute Gasteiger partial charge is 0.363 e. The Kier molecular flexibility index (Phi) is 37.1. The van der Waals surface area contributed by atoms with Gasteiger partial charge in [0.15, 0.2) is 0 Å². The van der Waals surface area contributed by atoms with Crippen LogP contribution in [0.15, 0.2) is 41.7 Å². The average Bonchev–Trinajstić information content (AvgIpc) is 1.53. The van der Waals surface area contributed by atoms with Gasteiger partial charge in [0.1, 0.15) is 36.3 Å². The lowest BCUT2D eigenvalue weighted by molar-refractivity contribution is -0.145. The van der Waals surface area contributed by atoms with Crippen molar-refractivity contribution in [1.82, 2.24) is 95.5 Å². The summed E-state index contributed by atoms with van der Waals surface area (Å²) in [4.78, 5) is 208. The SMILES string of the molecule is C=CCNC(=O)C(=O)C(CC1CC1)NC(=O)[C@@H]1[C@@H]2[C@H](CN1C(=O)[C@@H](NC(=O)NC(CN1CCCNS1(=O)=O)C(C)(C)C)C(C)(C)C)C2(C)C.C=CCNC(=O)C(=O)C(CCCC)NC(=O)[C@@H]1[C@@H]2[C@H](CN1C(=O)[C@@H](NC(=O)NC(CN1CCCNS1(=O)=O)C(C)(C)C)C(C)(C)C)C2(C)C.CC(C)(C)[C@H](NC(=O)NC1(CN2Cc3sccc3S2(=O)=O)CCCCC1)C(=O)N1C[C@H]2[C@@H]([C@H]1C(=O)NC(CC1CCC1)C(=O)C(N)=O)C2(C)C. The van der Waals surface area contributed by atoms with Crippen molar-refractivity contribution in [3.05, 3.63) is 41.6 Å². The van der Waals surface area contributed by atoms with E-state index in [1.807, 2.05) is 125 Å². The Labute approximate surface area is 879 Å². The van der Waals surface area contributed by atoms with E-state index in [-0.39, 0.29) is 109 Å². The number of urea groups is 3. The van der Waals surface area contributed by atoms with Gasteiger partial charge in [-0.2, -0.15) is 29.8 Å². The van der Waals surface area contributed by atoms with E-state index in [0.29, 0.717) is 95.7 Å². The fourth-order valence-corrected chi connectivity index (χ4v) is 28.5. The van der Waals surface area contributed by atoms with E-state index in [4.69, 9.17) is 5.73 Å². The van der Waals surface area contributed by atoms with E-state index in [2.05, 4.69) is 109 Å². The summed E-state index contributed by atoms with van der Waals surface area (Å²) >= 11 is 1.41. The molecule has 0 bridgehead atoms. The topological polar surface area (TPSA) is 560 Å². The minimum atomic E-state index is -3.67. The van der Waals surface area contributed by atoms with Gasteiger partial charge in [0.05, 0.1) is 28.6 Å². The fourth-order valence-electron chi connectivity index (χ4n) is 22.9. The average molecular weight is 2150 g/mol. The van der Waals surface area contributed by atoms with Gasteiger partial charge in [-0.15, -0.1) is 24.5 Å². The maximum absolute atomic E-state index is 14.5. The van der Waals surface area contributed by atoms with Gasteiger partial charge in [0.25, 0.3) is 38.1 Å². The predicted molar refractivity (Wildman–Crippen MR) is 559 cm³/mol. The Morgan fingerprint density at radius 2 is 0.845 bits per heavy atom. The van der Waals surface area contributed by atoms with Crippen molar-refractivity contribution in [2.24, 2.45) is 96.4 Å². The number of hydrogen-bond donors (Lipinski definition) is 14. The molecule has 0 spiro atoms. The minimum absolute atomic E-state index is 0.0488. The minimum Gasteiger partial charge on any atom is -0.363 e. The number of rotatable bonds is 38. The van der Waals surface area contributed by atoms with Gasteiger partial charge in [-0.25, -0.2) is 32.2 Å². The summed E-state index contributed by atoms with van der Waals surface area (Å²) in [5.41, 5.74) is 0.605. The highest BCUT2D eigenvalue weighted by atomic mass is 32.2. The van der Waals surface area contributed by atoms with Crippen LogP contribution in [0.2, 0.25) is 0 Å². The highest BCUT2D eigenvalue weighted by Gasteiger charge is 2.73. The van der Waals surface area contributed by atoms with E-state index in [1.165, 1.54) is 51.1 Å². The van der Waals surface area contributed by atoms with E-state index >= 15 is 0 Å². The molecule has 45 heteroatoms. The lowest BCUT2D eigenvalue weighted by Crippen LogP contribution is -2.64. The van der Waals surface area contributed by atoms with Gasteiger partial charge in [-0.3, -0.25) is 57.5 Å². The normalized spacial score (nSPS) is 26.3. The molecule has 0 radical (unpaired) electrons. The Morgan fingerprint density at radius 1 is 0.473 bits per heavy atom. The molecule has 12 aliphatic rings. The smallest absolute Gasteiger partial charge is 0.315 e. The Bertz CT molecular complexity index is 5520. The molecule has 6 aliphatic carbocycles. The summed E-state index contributed by atoms with van der Waals surface area (Å²) in [5, 5.41) is 32.8. The predicted octanol–water partition coefficient (Wildman–Crippen LogP) is 5.86. The van der Waals surface area contributed by atoms with Crippen molar-refractivity contribution in [3.8, 4) is 0 Å². The highest BCUT2D eigenvalue weighted by molar-refractivity contribution is 7.89. The van der Waals surface area contributed by atoms with Crippen LogP contribution in [-0.4, -0.2) is 292 Å². The molecule has 6 aliphatic heterocycles. The van der Waals surface area contributed by atoms with Crippen LogP contribution in [0.3, 0.4) is 0 Å². The van der Waals surface area contributed by atoms with Crippen LogP contribution in [0.4, 0.5) is 14.4 Å². The zero-order chi connectivity index (χ0) is 110. The monoisotopic (exact) mass is 2150 g/mol. The van der Waals surface area contributed by atoms with Gasteiger partial charge in [-0.05, 0) is 147 Å². The van der Waals surface area contributed by atoms with Crippen molar-refractivity contribution < 1.29 is 97.2 Å². The first-order valence-electron chi connectivity index (χ1n) is 52.8. The number of fused-ring (bicyclic) bond motifs is 4. The van der Waals surface area contributed by atoms with E-state index in [1.54, 1.807) is 11.4 Å². The van der Waals surface area contributed by atoms with Gasteiger partial charge in [0.2, 0.25) is 62.8 Å². The number of carbonyl (C=O) groups excluding carboxylic acids is 15. The van der Waals surface area contributed by atoms with Crippen molar-refractivity contribution in [2.75, 3.05) is 78.5 Å². The van der Waals surface area contributed by atoms with E-state index in [0.717, 1.165) is 62.7 Å². The first-order chi connectivity index (χ1) is 68.5. The van der Waals surface area contributed by atoms with Gasteiger partial charge in [0, 0.05) is 102 Å². The molecular weight excluding hydrogens is 1980 g/mol. The molecule has 13 rings (SSSR count). The fraction of sp³-hybridized carbons (Fsp3) is 0.777. The van der Waals surface area contributed by atoms with E-state index in [9.17, 15) is 97.2 Å². The highest BCUT2D eigenvalue weighted by Crippen LogP contribution is 2.67. The lowest BCUT2D eigenvalue weighted by Gasteiger charge is -2.42. The number of carbonyl (C=O) groups is 15. The zero-order valence-corrected chi connectivity index (χ0v) is 94.1. The Hall–Kier alpha value is -9.12. The lowest BCUT2D eigenvalue weighted by atomic mass is 9.80. The molecule has 148 heavy (non-hydrogen) atoms. The maximum Gasteiger partial charge on any atom is 0.315 e. The molecule has 6 saturated carbocycles. The number of piperidine rings is 3. The number of unbranched alkanes of at least 4 members (excludes halogenated alkanes) is 1. The van der Waals surface area contributed by atoms with Crippen LogP contribution in [-0.2, 0) is 94.5 Å². The number of primary amides is 1. The number of nitrogens with two attached hydrogens (primary N) is 1. The molecule has 1 aromatic heterocycles. The number of amides is 15. The summed E-state index contributed by atoms with van der Waals surface area (Å²) in [6, 6.07) is -10.2. The number of nitrogens with one attached hydrogen (secondary N) is 13.